The van der Waals surface area contributed by atoms with Gasteiger partial charge in [0.25, 0.3) is 0 Å². The summed E-state index contributed by atoms with van der Waals surface area (Å²) in [6.45, 7) is 1.74. The third kappa shape index (κ3) is 3.10. The zero-order valence-corrected chi connectivity index (χ0v) is 10.5. The second-order valence-electron chi connectivity index (χ2n) is 3.55. The van der Waals surface area contributed by atoms with Gasteiger partial charge in [-0.1, -0.05) is 11.3 Å². The van der Waals surface area contributed by atoms with Crippen molar-refractivity contribution in [2.45, 2.75) is 18.4 Å². The molecule has 0 aromatic carbocycles. The Morgan fingerprint density at radius 3 is 2.80 bits per heavy atom. The predicted octanol–water partition coefficient (Wildman–Crippen LogP) is 1.25. The van der Waals surface area contributed by atoms with E-state index in [1.165, 1.54) is 11.3 Å². The highest BCUT2D eigenvalue weighted by Gasteiger charge is 2.29. The first kappa shape index (κ1) is 11.3. The van der Waals surface area contributed by atoms with Crippen molar-refractivity contribution >= 4 is 32.4 Å². The fourth-order valence-corrected chi connectivity index (χ4v) is 2.45. The SMILES string of the molecule is OC1(CNc2nnc(Br)s2)CCOCC1. The van der Waals surface area contributed by atoms with E-state index >= 15 is 0 Å². The molecule has 5 nitrogen and oxygen atoms in total. The van der Waals surface area contributed by atoms with Gasteiger partial charge in [-0.25, -0.2) is 0 Å². The maximum atomic E-state index is 10.1. The van der Waals surface area contributed by atoms with Gasteiger partial charge >= 0.3 is 0 Å². The minimum Gasteiger partial charge on any atom is -0.388 e. The summed E-state index contributed by atoms with van der Waals surface area (Å²) in [7, 11) is 0. The fraction of sp³-hybridized carbons (Fsp3) is 0.750. The van der Waals surface area contributed by atoms with Crippen LogP contribution in [0.3, 0.4) is 0 Å². The highest BCUT2D eigenvalue weighted by atomic mass is 79.9. The van der Waals surface area contributed by atoms with E-state index in [0.717, 1.165) is 9.05 Å². The van der Waals surface area contributed by atoms with E-state index < -0.39 is 5.60 Å². The van der Waals surface area contributed by atoms with Crippen molar-refractivity contribution in [3.63, 3.8) is 0 Å². The van der Waals surface area contributed by atoms with Gasteiger partial charge in [-0.2, -0.15) is 0 Å². The molecule has 0 amide bonds. The second kappa shape index (κ2) is 4.73. The quantitative estimate of drug-likeness (QED) is 0.878. The minimum atomic E-state index is -0.670. The van der Waals surface area contributed by atoms with Crippen LogP contribution in [-0.4, -0.2) is 40.7 Å². The molecule has 0 radical (unpaired) electrons. The Kier molecular flexibility index (Phi) is 3.55. The van der Waals surface area contributed by atoms with Crippen molar-refractivity contribution in [1.82, 2.24) is 10.2 Å². The normalized spacial score (nSPS) is 20.1. The van der Waals surface area contributed by atoms with Crippen molar-refractivity contribution in [1.29, 1.82) is 0 Å². The summed E-state index contributed by atoms with van der Waals surface area (Å²) >= 11 is 4.65. The Hall–Kier alpha value is -0.240. The molecule has 2 heterocycles. The number of hydrogen-bond acceptors (Lipinski definition) is 6. The number of aromatic nitrogens is 2. The third-order valence-corrected chi connectivity index (χ3v) is 3.71. The van der Waals surface area contributed by atoms with Crippen molar-refractivity contribution in [3.05, 3.63) is 3.92 Å². The van der Waals surface area contributed by atoms with Crippen LogP contribution in [0.5, 0.6) is 0 Å². The number of rotatable bonds is 3. The first-order valence-corrected chi connectivity index (χ1v) is 6.32. The monoisotopic (exact) mass is 293 g/mol. The Morgan fingerprint density at radius 2 is 2.20 bits per heavy atom. The number of nitrogens with zero attached hydrogens (tertiary/aromatic N) is 2. The minimum absolute atomic E-state index is 0.498. The van der Waals surface area contributed by atoms with Crippen LogP contribution in [-0.2, 0) is 4.74 Å². The lowest BCUT2D eigenvalue weighted by Crippen LogP contribution is -2.42. The molecule has 0 saturated carbocycles. The van der Waals surface area contributed by atoms with Crippen molar-refractivity contribution in [3.8, 4) is 0 Å². The summed E-state index contributed by atoms with van der Waals surface area (Å²) in [6.07, 6.45) is 1.33. The predicted molar refractivity (Wildman–Crippen MR) is 61.1 cm³/mol. The molecule has 2 rings (SSSR count). The lowest BCUT2D eigenvalue weighted by atomic mass is 9.95. The number of nitrogens with one attached hydrogen (secondary N) is 1. The summed E-state index contributed by atoms with van der Waals surface area (Å²) in [5, 5.41) is 21.7. The molecule has 84 valence electrons. The Balaban J connectivity index is 1.86. The van der Waals surface area contributed by atoms with Crippen LogP contribution >= 0.6 is 27.3 Å². The van der Waals surface area contributed by atoms with E-state index in [1.807, 2.05) is 0 Å². The van der Waals surface area contributed by atoms with Crippen LogP contribution in [0.25, 0.3) is 0 Å². The lowest BCUT2D eigenvalue weighted by molar-refractivity contribution is -0.0543. The number of hydrogen-bond donors (Lipinski definition) is 2. The van der Waals surface area contributed by atoms with Crippen LogP contribution in [0.4, 0.5) is 5.13 Å². The highest BCUT2D eigenvalue weighted by Crippen LogP contribution is 2.24. The number of ether oxygens (including phenoxy) is 1. The standard InChI is InChI=1S/C8H12BrN3O2S/c9-6-11-12-7(15-6)10-5-8(13)1-3-14-4-2-8/h13H,1-5H2,(H,10,12). The molecule has 0 bridgehead atoms. The molecule has 0 atom stereocenters. The average molecular weight is 294 g/mol. The van der Waals surface area contributed by atoms with E-state index in [0.29, 0.717) is 32.6 Å². The van der Waals surface area contributed by atoms with Gasteiger partial charge in [0, 0.05) is 32.6 Å². The van der Waals surface area contributed by atoms with Gasteiger partial charge in [0.1, 0.15) is 0 Å². The Bertz CT molecular complexity index is 327. The Morgan fingerprint density at radius 1 is 1.47 bits per heavy atom. The molecule has 1 aliphatic rings. The van der Waals surface area contributed by atoms with Crippen molar-refractivity contribution in [2.75, 3.05) is 25.1 Å². The summed E-state index contributed by atoms with van der Waals surface area (Å²) in [5.41, 5.74) is -0.670. The molecule has 1 aromatic rings. The molecule has 2 N–H and O–H groups in total. The van der Waals surface area contributed by atoms with E-state index in [9.17, 15) is 5.11 Å². The molecule has 7 heteroatoms. The van der Waals surface area contributed by atoms with Crippen LogP contribution in [0.15, 0.2) is 3.92 Å². The van der Waals surface area contributed by atoms with Gasteiger partial charge in [0.2, 0.25) is 5.13 Å². The largest absolute Gasteiger partial charge is 0.388 e. The molecule has 1 aromatic heterocycles. The van der Waals surface area contributed by atoms with Crippen molar-refractivity contribution in [2.24, 2.45) is 0 Å². The van der Waals surface area contributed by atoms with Crippen LogP contribution in [0, 0.1) is 0 Å². The first-order chi connectivity index (χ1) is 7.18. The van der Waals surface area contributed by atoms with Crippen molar-refractivity contribution < 1.29 is 9.84 Å². The van der Waals surface area contributed by atoms with Gasteiger partial charge in [0.05, 0.1) is 5.60 Å². The topological polar surface area (TPSA) is 67.3 Å². The summed E-state index contributed by atoms with van der Waals surface area (Å²) < 4.78 is 5.94. The highest BCUT2D eigenvalue weighted by molar-refractivity contribution is 9.11. The maximum Gasteiger partial charge on any atom is 0.206 e. The lowest BCUT2D eigenvalue weighted by Gasteiger charge is -2.31. The molecule has 1 aliphatic heterocycles. The van der Waals surface area contributed by atoms with E-state index in [4.69, 9.17) is 4.74 Å². The van der Waals surface area contributed by atoms with E-state index in [1.54, 1.807) is 0 Å². The molecular weight excluding hydrogens is 282 g/mol. The van der Waals surface area contributed by atoms with E-state index in [-0.39, 0.29) is 0 Å². The van der Waals surface area contributed by atoms with Crippen LogP contribution in [0.2, 0.25) is 0 Å². The second-order valence-corrected chi connectivity index (χ2v) is 5.80. The number of anilines is 1. The number of halogens is 1. The van der Waals surface area contributed by atoms with E-state index in [2.05, 4.69) is 31.4 Å². The molecule has 0 unspecified atom stereocenters. The van der Waals surface area contributed by atoms with Gasteiger partial charge < -0.3 is 15.2 Å². The zero-order chi connectivity index (χ0) is 10.7. The Labute approximate surface area is 100.0 Å². The smallest absolute Gasteiger partial charge is 0.206 e. The zero-order valence-electron chi connectivity index (χ0n) is 8.07. The summed E-state index contributed by atoms with van der Waals surface area (Å²) in [6, 6.07) is 0. The fourth-order valence-electron chi connectivity index (χ4n) is 1.45. The van der Waals surface area contributed by atoms with Gasteiger partial charge in [-0.15, -0.1) is 10.2 Å². The summed E-state index contributed by atoms with van der Waals surface area (Å²) in [4.78, 5) is 0. The molecule has 1 fully saturated rings. The molecule has 15 heavy (non-hydrogen) atoms. The molecule has 0 spiro atoms. The maximum absolute atomic E-state index is 10.1. The number of aliphatic hydroxyl groups is 1. The van der Waals surface area contributed by atoms with Gasteiger partial charge in [-0.3, -0.25) is 0 Å². The first-order valence-electron chi connectivity index (χ1n) is 4.71. The van der Waals surface area contributed by atoms with Gasteiger partial charge in [0.15, 0.2) is 3.92 Å². The molecule has 1 saturated heterocycles. The van der Waals surface area contributed by atoms with Gasteiger partial charge in [-0.05, 0) is 15.9 Å². The molecular formula is C8H12BrN3O2S. The third-order valence-electron chi connectivity index (χ3n) is 2.39. The summed E-state index contributed by atoms with van der Waals surface area (Å²) in [5.74, 6) is 0. The van der Waals surface area contributed by atoms with Crippen LogP contribution in [0.1, 0.15) is 12.8 Å². The van der Waals surface area contributed by atoms with Crippen LogP contribution < -0.4 is 5.32 Å². The average Bonchev–Trinajstić information content (AvgIpc) is 2.63. The molecule has 0 aliphatic carbocycles.